The number of aryl methyl sites for hydroxylation is 1. The Bertz CT molecular complexity index is 1350. The minimum atomic E-state index is -0.400. The number of carbonyl (C=O) groups is 1. The lowest BCUT2D eigenvalue weighted by Crippen LogP contribution is -2.29. The molecule has 1 aromatic heterocycles. The van der Waals surface area contributed by atoms with Gasteiger partial charge >= 0.3 is 0 Å². The van der Waals surface area contributed by atoms with Crippen molar-refractivity contribution in [2.75, 3.05) is 14.2 Å². The van der Waals surface area contributed by atoms with Gasteiger partial charge in [0, 0.05) is 24.7 Å². The van der Waals surface area contributed by atoms with Crippen LogP contribution in [0.15, 0.2) is 72.8 Å². The molecule has 7 heteroatoms. The molecule has 4 aromatic rings. The highest BCUT2D eigenvalue weighted by Crippen LogP contribution is 2.45. The molecule has 5 rings (SSSR count). The van der Waals surface area contributed by atoms with E-state index >= 15 is 0 Å². The highest BCUT2D eigenvalue weighted by molar-refractivity contribution is 6.00. The SMILES string of the molecule is COc1ccc(-c2nn(C)c3c2[C@H](c2ccc(O)c(OC)c2)N(Cc2ccccc2)C3=O)cc1. The highest BCUT2D eigenvalue weighted by Gasteiger charge is 2.43. The number of carbonyl (C=O) groups excluding carboxylic acids is 1. The zero-order valence-corrected chi connectivity index (χ0v) is 19.2. The molecule has 0 unspecified atom stereocenters. The van der Waals surface area contributed by atoms with Gasteiger partial charge in [-0.15, -0.1) is 0 Å². The smallest absolute Gasteiger partial charge is 0.273 e. The van der Waals surface area contributed by atoms with E-state index in [4.69, 9.17) is 14.6 Å². The number of phenolic OH excluding ortho intramolecular Hbond substituents is 1. The van der Waals surface area contributed by atoms with Crippen molar-refractivity contribution in [2.45, 2.75) is 12.6 Å². The van der Waals surface area contributed by atoms with Crippen LogP contribution in [0.25, 0.3) is 11.3 Å². The minimum absolute atomic E-state index is 0.0481. The monoisotopic (exact) mass is 455 g/mol. The van der Waals surface area contributed by atoms with Crippen molar-refractivity contribution in [1.82, 2.24) is 14.7 Å². The molecule has 0 spiro atoms. The van der Waals surface area contributed by atoms with E-state index in [1.165, 1.54) is 7.11 Å². The minimum Gasteiger partial charge on any atom is -0.504 e. The van der Waals surface area contributed by atoms with Gasteiger partial charge in [-0.25, -0.2) is 0 Å². The molecular formula is C27H25N3O4. The standard InChI is InChI=1S/C27H25N3O4/c1-29-26-23(24(28-29)18-9-12-20(33-2)13-10-18)25(19-11-14-21(31)22(15-19)34-3)30(27(26)32)16-17-7-5-4-6-8-17/h4-15,25,31H,16H2,1-3H3/t25-/m0/s1. The summed E-state index contributed by atoms with van der Waals surface area (Å²) in [5.74, 6) is 1.06. The molecule has 0 aliphatic carbocycles. The van der Waals surface area contributed by atoms with Crippen molar-refractivity contribution in [2.24, 2.45) is 7.05 Å². The Labute approximate surface area is 197 Å². The van der Waals surface area contributed by atoms with Gasteiger partial charge in [0.2, 0.25) is 0 Å². The number of phenols is 1. The second-order valence-corrected chi connectivity index (χ2v) is 8.22. The third-order valence-electron chi connectivity index (χ3n) is 6.21. The number of hydrogen-bond donors (Lipinski definition) is 1. The average molecular weight is 456 g/mol. The number of fused-ring (bicyclic) bond motifs is 1. The van der Waals surface area contributed by atoms with Crippen molar-refractivity contribution in [3.63, 3.8) is 0 Å². The summed E-state index contributed by atoms with van der Waals surface area (Å²) >= 11 is 0. The van der Waals surface area contributed by atoms with Crippen molar-refractivity contribution in [3.8, 4) is 28.5 Å². The molecule has 0 radical (unpaired) electrons. The molecule has 1 N–H and O–H groups in total. The van der Waals surface area contributed by atoms with Crippen LogP contribution in [0.1, 0.15) is 33.2 Å². The van der Waals surface area contributed by atoms with Gasteiger partial charge in [-0.3, -0.25) is 9.48 Å². The summed E-state index contributed by atoms with van der Waals surface area (Å²) in [6, 6.07) is 22.4. The maximum Gasteiger partial charge on any atom is 0.273 e. The number of aromatic nitrogens is 2. The van der Waals surface area contributed by atoms with E-state index in [1.54, 1.807) is 31.0 Å². The number of methoxy groups -OCH3 is 2. The molecule has 1 amide bonds. The Hall–Kier alpha value is -4.26. The van der Waals surface area contributed by atoms with Crippen molar-refractivity contribution in [3.05, 3.63) is 95.2 Å². The van der Waals surface area contributed by atoms with Crippen LogP contribution in [-0.2, 0) is 13.6 Å². The van der Waals surface area contributed by atoms with E-state index < -0.39 is 6.04 Å². The first-order valence-electron chi connectivity index (χ1n) is 10.9. The lowest BCUT2D eigenvalue weighted by atomic mass is 9.95. The number of nitrogens with zero attached hydrogens (tertiary/aromatic N) is 3. The first-order chi connectivity index (χ1) is 16.5. The number of rotatable bonds is 6. The molecule has 1 aliphatic rings. The molecule has 1 atom stereocenters. The van der Waals surface area contributed by atoms with E-state index in [-0.39, 0.29) is 11.7 Å². The van der Waals surface area contributed by atoms with Crippen LogP contribution in [0.4, 0.5) is 0 Å². The zero-order valence-electron chi connectivity index (χ0n) is 19.2. The van der Waals surface area contributed by atoms with E-state index in [0.717, 1.165) is 33.7 Å². The molecule has 34 heavy (non-hydrogen) atoms. The molecule has 0 bridgehead atoms. The quantitative estimate of drug-likeness (QED) is 0.461. The molecule has 2 heterocycles. The Morgan fingerprint density at radius 2 is 1.71 bits per heavy atom. The predicted octanol–water partition coefficient (Wildman–Crippen LogP) is 4.56. The van der Waals surface area contributed by atoms with E-state index in [2.05, 4.69) is 0 Å². The largest absolute Gasteiger partial charge is 0.504 e. The van der Waals surface area contributed by atoms with Crippen molar-refractivity contribution in [1.29, 1.82) is 0 Å². The molecule has 172 valence electrons. The maximum absolute atomic E-state index is 13.7. The topological polar surface area (TPSA) is 76.8 Å². The van der Waals surface area contributed by atoms with Gasteiger partial charge in [-0.05, 0) is 47.5 Å². The second kappa shape index (κ2) is 8.59. The summed E-state index contributed by atoms with van der Waals surface area (Å²) in [6.45, 7) is 0.435. The summed E-state index contributed by atoms with van der Waals surface area (Å²) < 4.78 is 12.3. The van der Waals surface area contributed by atoms with E-state index in [9.17, 15) is 9.90 Å². The van der Waals surface area contributed by atoms with Gasteiger partial charge < -0.3 is 19.5 Å². The number of benzene rings is 3. The van der Waals surface area contributed by atoms with Crippen LogP contribution >= 0.6 is 0 Å². The fourth-order valence-electron chi connectivity index (χ4n) is 4.58. The molecule has 0 saturated heterocycles. The first kappa shape index (κ1) is 21.6. The lowest BCUT2D eigenvalue weighted by Gasteiger charge is -2.27. The summed E-state index contributed by atoms with van der Waals surface area (Å²) in [5.41, 5.74) is 4.88. The fraction of sp³-hybridized carbons (Fsp3) is 0.185. The fourth-order valence-corrected chi connectivity index (χ4v) is 4.58. The molecular weight excluding hydrogens is 430 g/mol. The average Bonchev–Trinajstić information content (AvgIpc) is 3.35. The van der Waals surface area contributed by atoms with E-state index in [0.29, 0.717) is 18.0 Å². The van der Waals surface area contributed by atoms with Crippen LogP contribution in [0.2, 0.25) is 0 Å². The maximum atomic E-state index is 13.7. The second-order valence-electron chi connectivity index (χ2n) is 8.22. The van der Waals surface area contributed by atoms with Crippen LogP contribution in [-0.4, -0.2) is 39.9 Å². The number of ether oxygens (including phenoxy) is 2. The number of aromatic hydroxyl groups is 1. The van der Waals surface area contributed by atoms with Gasteiger partial charge in [0.1, 0.15) is 11.4 Å². The molecule has 7 nitrogen and oxygen atoms in total. The van der Waals surface area contributed by atoms with Crippen LogP contribution < -0.4 is 9.47 Å². The third kappa shape index (κ3) is 3.55. The molecule has 0 fully saturated rings. The first-order valence-corrected chi connectivity index (χ1v) is 10.9. The van der Waals surface area contributed by atoms with Gasteiger partial charge in [0.25, 0.3) is 5.91 Å². The highest BCUT2D eigenvalue weighted by atomic mass is 16.5. The molecule has 1 aliphatic heterocycles. The van der Waals surface area contributed by atoms with Crippen molar-refractivity contribution < 1.29 is 19.4 Å². The van der Waals surface area contributed by atoms with Crippen molar-refractivity contribution >= 4 is 5.91 Å². The molecule has 3 aromatic carbocycles. The number of hydrogen-bond acceptors (Lipinski definition) is 5. The van der Waals surface area contributed by atoms with Crippen LogP contribution in [0, 0.1) is 0 Å². The molecule has 0 saturated carbocycles. The summed E-state index contributed by atoms with van der Waals surface area (Å²) in [7, 11) is 4.94. The lowest BCUT2D eigenvalue weighted by molar-refractivity contribution is 0.0725. The third-order valence-corrected chi connectivity index (χ3v) is 6.21. The van der Waals surface area contributed by atoms with Gasteiger partial charge in [0.15, 0.2) is 11.5 Å². The summed E-state index contributed by atoms with van der Waals surface area (Å²) in [6.07, 6.45) is 0. The Kier molecular flexibility index (Phi) is 5.45. The predicted molar refractivity (Wildman–Crippen MR) is 128 cm³/mol. The number of amides is 1. The van der Waals surface area contributed by atoms with Crippen LogP contribution in [0.3, 0.4) is 0 Å². The van der Waals surface area contributed by atoms with Gasteiger partial charge in [-0.2, -0.15) is 5.10 Å². The van der Waals surface area contributed by atoms with Gasteiger partial charge in [0.05, 0.1) is 26.0 Å². The zero-order chi connectivity index (χ0) is 23.8. The van der Waals surface area contributed by atoms with E-state index in [1.807, 2.05) is 65.6 Å². The van der Waals surface area contributed by atoms with Gasteiger partial charge in [-0.1, -0.05) is 36.4 Å². The Morgan fingerprint density at radius 3 is 2.38 bits per heavy atom. The van der Waals surface area contributed by atoms with Crippen LogP contribution in [0.5, 0.6) is 17.2 Å². The normalized spacial score (nSPS) is 14.9. The Balaban J connectivity index is 1.69. The summed E-state index contributed by atoms with van der Waals surface area (Å²) in [5, 5.41) is 14.9. The Morgan fingerprint density at radius 1 is 0.971 bits per heavy atom. The summed E-state index contributed by atoms with van der Waals surface area (Å²) in [4.78, 5) is 15.6.